The SMILES string of the molecule is CCCn1cc(SCC(=O)Nc2cccc(C)c2C)c2ccccc21. The van der Waals surface area contributed by atoms with Crippen LogP contribution in [-0.2, 0) is 11.3 Å². The van der Waals surface area contributed by atoms with Crippen molar-refractivity contribution >= 4 is 34.3 Å². The molecule has 25 heavy (non-hydrogen) atoms. The summed E-state index contributed by atoms with van der Waals surface area (Å²) in [4.78, 5) is 13.5. The normalized spacial score (nSPS) is 11.0. The van der Waals surface area contributed by atoms with Gasteiger partial charge in [0.15, 0.2) is 0 Å². The first-order valence-electron chi connectivity index (χ1n) is 8.67. The fourth-order valence-electron chi connectivity index (χ4n) is 2.97. The van der Waals surface area contributed by atoms with E-state index in [0.717, 1.165) is 24.2 Å². The summed E-state index contributed by atoms with van der Waals surface area (Å²) in [6.45, 7) is 7.27. The Morgan fingerprint density at radius 1 is 1.12 bits per heavy atom. The maximum atomic E-state index is 12.4. The highest BCUT2D eigenvalue weighted by atomic mass is 32.2. The number of hydrogen-bond donors (Lipinski definition) is 1. The molecule has 0 aliphatic carbocycles. The maximum Gasteiger partial charge on any atom is 0.234 e. The van der Waals surface area contributed by atoms with Crippen LogP contribution in [0.5, 0.6) is 0 Å². The van der Waals surface area contributed by atoms with Crippen LogP contribution in [-0.4, -0.2) is 16.2 Å². The molecule has 4 heteroatoms. The van der Waals surface area contributed by atoms with Gasteiger partial charge in [-0.3, -0.25) is 4.79 Å². The molecule has 2 aromatic carbocycles. The van der Waals surface area contributed by atoms with Gasteiger partial charge in [-0.25, -0.2) is 0 Å². The highest BCUT2D eigenvalue weighted by molar-refractivity contribution is 8.00. The van der Waals surface area contributed by atoms with E-state index in [4.69, 9.17) is 0 Å². The second kappa shape index (κ2) is 7.79. The van der Waals surface area contributed by atoms with Gasteiger partial charge in [-0.2, -0.15) is 0 Å². The third-order valence-corrected chi connectivity index (χ3v) is 5.50. The summed E-state index contributed by atoms with van der Waals surface area (Å²) in [5.74, 6) is 0.444. The highest BCUT2D eigenvalue weighted by Gasteiger charge is 2.11. The largest absolute Gasteiger partial charge is 0.346 e. The van der Waals surface area contributed by atoms with Crippen LogP contribution in [0.3, 0.4) is 0 Å². The Morgan fingerprint density at radius 3 is 2.72 bits per heavy atom. The van der Waals surface area contributed by atoms with E-state index in [9.17, 15) is 4.79 Å². The summed E-state index contributed by atoms with van der Waals surface area (Å²) in [6, 6.07) is 14.4. The zero-order valence-electron chi connectivity index (χ0n) is 15.0. The van der Waals surface area contributed by atoms with Gasteiger partial charge in [0, 0.05) is 34.2 Å². The molecule has 1 aromatic heterocycles. The van der Waals surface area contributed by atoms with Crippen molar-refractivity contribution in [3.05, 3.63) is 59.8 Å². The fraction of sp³-hybridized carbons (Fsp3) is 0.286. The second-order valence-corrected chi connectivity index (χ2v) is 7.31. The molecule has 0 unspecified atom stereocenters. The van der Waals surface area contributed by atoms with Crippen molar-refractivity contribution in [1.82, 2.24) is 4.57 Å². The Bertz CT molecular complexity index is 898. The third-order valence-electron chi connectivity index (χ3n) is 4.45. The van der Waals surface area contributed by atoms with Gasteiger partial charge >= 0.3 is 0 Å². The molecule has 0 saturated carbocycles. The monoisotopic (exact) mass is 352 g/mol. The van der Waals surface area contributed by atoms with Crippen LogP contribution in [0.1, 0.15) is 24.5 Å². The van der Waals surface area contributed by atoms with Crippen molar-refractivity contribution in [2.24, 2.45) is 0 Å². The van der Waals surface area contributed by atoms with Gasteiger partial charge in [-0.15, -0.1) is 11.8 Å². The Labute approximate surface area is 153 Å². The summed E-state index contributed by atoms with van der Waals surface area (Å²) < 4.78 is 2.28. The van der Waals surface area contributed by atoms with E-state index in [0.29, 0.717) is 5.75 Å². The first kappa shape index (κ1) is 17.6. The average molecular weight is 353 g/mol. The number of para-hydroxylation sites is 1. The summed E-state index contributed by atoms with van der Waals surface area (Å²) in [5.41, 5.74) is 4.45. The van der Waals surface area contributed by atoms with Crippen molar-refractivity contribution in [1.29, 1.82) is 0 Å². The second-order valence-electron chi connectivity index (χ2n) is 6.29. The number of hydrogen-bond acceptors (Lipinski definition) is 2. The molecule has 1 N–H and O–H groups in total. The number of anilines is 1. The minimum absolute atomic E-state index is 0.0334. The lowest BCUT2D eigenvalue weighted by Crippen LogP contribution is -2.15. The van der Waals surface area contributed by atoms with Gasteiger partial charge in [-0.1, -0.05) is 37.3 Å². The van der Waals surface area contributed by atoms with Crippen LogP contribution in [0.2, 0.25) is 0 Å². The smallest absolute Gasteiger partial charge is 0.234 e. The number of rotatable bonds is 6. The number of nitrogens with zero attached hydrogens (tertiary/aromatic N) is 1. The van der Waals surface area contributed by atoms with Crippen LogP contribution in [0, 0.1) is 13.8 Å². The number of aryl methyl sites for hydroxylation is 2. The Hall–Kier alpha value is -2.20. The summed E-state index contributed by atoms with van der Waals surface area (Å²) in [6.07, 6.45) is 3.26. The predicted molar refractivity (Wildman–Crippen MR) is 107 cm³/mol. The van der Waals surface area contributed by atoms with Gasteiger partial charge in [0.05, 0.1) is 5.75 Å². The molecule has 0 spiro atoms. The first-order chi connectivity index (χ1) is 12.1. The lowest BCUT2D eigenvalue weighted by Gasteiger charge is -2.10. The van der Waals surface area contributed by atoms with Crippen LogP contribution in [0.25, 0.3) is 10.9 Å². The van der Waals surface area contributed by atoms with Crippen molar-refractivity contribution in [2.75, 3.05) is 11.1 Å². The zero-order valence-corrected chi connectivity index (χ0v) is 15.8. The minimum atomic E-state index is 0.0334. The molecule has 1 heterocycles. The van der Waals surface area contributed by atoms with Crippen LogP contribution < -0.4 is 5.32 Å². The van der Waals surface area contributed by atoms with Crippen molar-refractivity contribution in [3.8, 4) is 0 Å². The number of amides is 1. The number of carbonyl (C=O) groups is 1. The summed E-state index contributed by atoms with van der Waals surface area (Å²) in [5, 5.41) is 4.26. The van der Waals surface area contributed by atoms with E-state index >= 15 is 0 Å². The number of nitrogens with one attached hydrogen (secondary N) is 1. The van der Waals surface area contributed by atoms with Gasteiger partial charge in [0.25, 0.3) is 0 Å². The molecule has 0 saturated heterocycles. The van der Waals surface area contributed by atoms with Gasteiger partial charge in [-0.05, 0) is 43.5 Å². The van der Waals surface area contributed by atoms with Crippen LogP contribution >= 0.6 is 11.8 Å². The molecular formula is C21H24N2OS. The molecule has 0 atom stereocenters. The van der Waals surface area contributed by atoms with E-state index in [1.165, 1.54) is 21.4 Å². The average Bonchev–Trinajstić information content (AvgIpc) is 2.96. The summed E-state index contributed by atoms with van der Waals surface area (Å²) in [7, 11) is 0. The fourth-order valence-corrected chi connectivity index (χ4v) is 3.86. The molecule has 130 valence electrons. The maximum absolute atomic E-state index is 12.4. The minimum Gasteiger partial charge on any atom is -0.346 e. The van der Waals surface area contributed by atoms with E-state index in [2.05, 4.69) is 60.3 Å². The van der Waals surface area contributed by atoms with Crippen molar-refractivity contribution < 1.29 is 4.79 Å². The molecule has 3 rings (SSSR count). The van der Waals surface area contributed by atoms with Crippen molar-refractivity contribution in [2.45, 2.75) is 38.6 Å². The quantitative estimate of drug-likeness (QED) is 0.603. The lowest BCUT2D eigenvalue weighted by atomic mass is 10.1. The number of fused-ring (bicyclic) bond motifs is 1. The topological polar surface area (TPSA) is 34.0 Å². The van der Waals surface area contributed by atoms with Gasteiger partial charge in [0.2, 0.25) is 5.91 Å². The first-order valence-corrected chi connectivity index (χ1v) is 9.65. The number of benzene rings is 2. The lowest BCUT2D eigenvalue weighted by molar-refractivity contribution is -0.113. The summed E-state index contributed by atoms with van der Waals surface area (Å²) >= 11 is 1.60. The molecule has 0 aliphatic rings. The Balaban J connectivity index is 1.72. The van der Waals surface area contributed by atoms with E-state index in [1.54, 1.807) is 11.8 Å². The van der Waals surface area contributed by atoms with E-state index in [-0.39, 0.29) is 5.91 Å². The molecular weight excluding hydrogens is 328 g/mol. The molecule has 3 aromatic rings. The van der Waals surface area contributed by atoms with E-state index in [1.807, 2.05) is 19.1 Å². The third kappa shape index (κ3) is 3.90. The molecule has 0 bridgehead atoms. The molecule has 3 nitrogen and oxygen atoms in total. The zero-order chi connectivity index (χ0) is 17.8. The van der Waals surface area contributed by atoms with Gasteiger partial charge in [0.1, 0.15) is 0 Å². The number of aromatic nitrogens is 1. The highest BCUT2D eigenvalue weighted by Crippen LogP contribution is 2.30. The number of thioether (sulfide) groups is 1. The van der Waals surface area contributed by atoms with E-state index < -0.39 is 0 Å². The van der Waals surface area contributed by atoms with Crippen LogP contribution in [0.4, 0.5) is 5.69 Å². The molecule has 0 radical (unpaired) electrons. The standard InChI is InChI=1S/C21H24N2OS/c1-4-12-23-13-20(17-9-5-6-11-19(17)23)25-14-21(24)22-18-10-7-8-15(2)16(18)3/h5-11,13H,4,12,14H2,1-3H3,(H,22,24). The predicted octanol–water partition coefficient (Wildman–Crippen LogP) is 5.40. The molecule has 0 fully saturated rings. The Kier molecular flexibility index (Phi) is 5.49. The number of carbonyl (C=O) groups excluding carboxylic acids is 1. The Morgan fingerprint density at radius 2 is 1.92 bits per heavy atom. The molecule has 1 amide bonds. The van der Waals surface area contributed by atoms with Crippen molar-refractivity contribution in [3.63, 3.8) is 0 Å². The van der Waals surface area contributed by atoms with Gasteiger partial charge < -0.3 is 9.88 Å². The molecule has 0 aliphatic heterocycles. The van der Waals surface area contributed by atoms with Crippen LogP contribution in [0.15, 0.2) is 53.6 Å².